The maximum Gasteiger partial charge on any atom is 0.231 e. The van der Waals surface area contributed by atoms with Crippen LogP contribution < -0.4 is 11.1 Å². The minimum Gasteiger partial charge on any atom is -0.327 e. The highest BCUT2D eigenvalue weighted by Crippen LogP contribution is 2.05. The third-order valence-corrected chi connectivity index (χ3v) is 2.15. The van der Waals surface area contributed by atoms with E-state index in [1.54, 1.807) is 20.9 Å². The number of nitrogens with zero attached hydrogens (tertiary/aromatic N) is 3. The van der Waals surface area contributed by atoms with Gasteiger partial charge in [0.1, 0.15) is 6.33 Å². The molecule has 0 aromatic carbocycles. The molecule has 1 rings (SSSR count). The lowest BCUT2D eigenvalue weighted by Crippen LogP contribution is -2.34. The molecular weight excluding hydrogens is 182 g/mol. The first-order valence-electron chi connectivity index (χ1n) is 4.42. The van der Waals surface area contributed by atoms with Crippen molar-refractivity contribution in [2.24, 2.45) is 18.7 Å². The molecule has 78 valence electrons. The maximum atomic E-state index is 11.5. The van der Waals surface area contributed by atoms with Gasteiger partial charge in [-0.3, -0.25) is 10.1 Å². The first-order chi connectivity index (χ1) is 6.52. The number of nitrogens with two attached hydrogens (primary N) is 1. The Kier molecular flexibility index (Phi) is 3.19. The molecular formula is C8H15N5O. The van der Waals surface area contributed by atoms with Gasteiger partial charge in [-0.15, -0.1) is 0 Å². The molecule has 2 atom stereocenters. The smallest absolute Gasteiger partial charge is 0.231 e. The summed E-state index contributed by atoms with van der Waals surface area (Å²) in [6.07, 6.45) is 1.38. The van der Waals surface area contributed by atoms with E-state index >= 15 is 0 Å². The number of anilines is 1. The Morgan fingerprint density at radius 2 is 2.29 bits per heavy atom. The zero-order valence-electron chi connectivity index (χ0n) is 8.56. The van der Waals surface area contributed by atoms with Gasteiger partial charge in [0.25, 0.3) is 0 Å². The van der Waals surface area contributed by atoms with Crippen LogP contribution >= 0.6 is 0 Å². The molecule has 0 saturated heterocycles. The van der Waals surface area contributed by atoms with Crippen LogP contribution in [0.25, 0.3) is 0 Å². The Labute approximate surface area is 82.5 Å². The Bertz CT molecular complexity index is 319. The summed E-state index contributed by atoms with van der Waals surface area (Å²) in [6.45, 7) is 3.57. The predicted octanol–water partition coefficient (Wildman–Crippen LogP) is -0.263. The van der Waals surface area contributed by atoms with Gasteiger partial charge in [-0.05, 0) is 6.92 Å². The largest absolute Gasteiger partial charge is 0.327 e. The average Bonchev–Trinajstić information content (AvgIpc) is 2.50. The van der Waals surface area contributed by atoms with E-state index in [4.69, 9.17) is 5.73 Å². The highest BCUT2D eigenvalue weighted by Gasteiger charge is 2.18. The van der Waals surface area contributed by atoms with Crippen molar-refractivity contribution in [1.82, 2.24) is 14.8 Å². The fourth-order valence-corrected chi connectivity index (χ4v) is 0.872. The molecule has 0 bridgehead atoms. The standard InChI is InChI=1S/C8H15N5O/c1-5(6(2)9)7(14)12-8-10-4-11-13(8)3/h4-6H,9H2,1-3H3,(H,10,11,12,14). The molecule has 1 aromatic heterocycles. The first kappa shape index (κ1) is 10.6. The molecule has 0 aliphatic rings. The van der Waals surface area contributed by atoms with Gasteiger partial charge >= 0.3 is 0 Å². The van der Waals surface area contributed by atoms with Crippen LogP contribution in [0.4, 0.5) is 5.95 Å². The van der Waals surface area contributed by atoms with Gasteiger partial charge in [-0.1, -0.05) is 6.92 Å². The Morgan fingerprint density at radius 1 is 1.64 bits per heavy atom. The summed E-state index contributed by atoms with van der Waals surface area (Å²) in [6, 6.07) is -0.178. The van der Waals surface area contributed by atoms with Crippen LogP contribution in [0.2, 0.25) is 0 Å². The van der Waals surface area contributed by atoms with Crippen molar-refractivity contribution in [3.05, 3.63) is 6.33 Å². The number of rotatable bonds is 3. The number of carbonyl (C=O) groups is 1. The normalized spacial score (nSPS) is 14.9. The van der Waals surface area contributed by atoms with Crippen LogP contribution in [0.3, 0.4) is 0 Å². The average molecular weight is 197 g/mol. The third-order valence-electron chi connectivity index (χ3n) is 2.15. The van der Waals surface area contributed by atoms with Crippen LogP contribution in [0.1, 0.15) is 13.8 Å². The van der Waals surface area contributed by atoms with Crippen molar-refractivity contribution >= 4 is 11.9 Å². The predicted molar refractivity (Wildman–Crippen MR) is 52.4 cm³/mol. The Balaban J connectivity index is 2.62. The lowest BCUT2D eigenvalue weighted by atomic mass is 10.0. The lowest BCUT2D eigenvalue weighted by Gasteiger charge is -2.14. The van der Waals surface area contributed by atoms with Crippen molar-refractivity contribution in [2.45, 2.75) is 19.9 Å². The second-order valence-electron chi connectivity index (χ2n) is 3.34. The number of nitrogens with one attached hydrogen (secondary N) is 1. The maximum absolute atomic E-state index is 11.5. The monoisotopic (exact) mass is 197 g/mol. The summed E-state index contributed by atoms with van der Waals surface area (Å²) in [5, 5.41) is 6.48. The van der Waals surface area contributed by atoms with E-state index in [1.807, 2.05) is 0 Å². The molecule has 3 N–H and O–H groups in total. The van der Waals surface area contributed by atoms with E-state index in [0.717, 1.165) is 0 Å². The minimum atomic E-state index is -0.244. The van der Waals surface area contributed by atoms with Crippen molar-refractivity contribution in [3.63, 3.8) is 0 Å². The van der Waals surface area contributed by atoms with Crippen LogP contribution in [-0.2, 0) is 11.8 Å². The number of hydrogen-bond acceptors (Lipinski definition) is 4. The van der Waals surface area contributed by atoms with Gasteiger partial charge in [-0.2, -0.15) is 10.1 Å². The van der Waals surface area contributed by atoms with E-state index in [0.29, 0.717) is 5.95 Å². The highest BCUT2D eigenvalue weighted by molar-refractivity contribution is 5.91. The van der Waals surface area contributed by atoms with E-state index in [2.05, 4.69) is 15.4 Å². The van der Waals surface area contributed by atoms with Crippen molar-refractivity contribution in [2.75, 3.05) is 5.32 Å². The molecule has 14 heavy (non-hydrogen) atoms. The number of aryl methyl sites for hydroxylation is 1. The molecule has 0 aliphatic carbocycles. The summed E-state index contributed by atoms with van der Waals surface area (Å²) < 4.78 is 1.49. The van der Waals surface area contributed by atoms with Gasteiger partial charge in [-0.25, -0.2) is 4.68 Å². The van der Waals surface area contributed by atoms with E-state index in [9.17, 15) is 4.79 Å². The quantitative estimate of drug-likeness (QED) is 0.698. The van der Waals surface area contributed by atoms with E-state index in [1.165, 1.54) is 11.0 Å². The fourth-order valence-electron chi connectivity index (χ4n) is 0.872. The zero-order valence-corrected chi connectivity index (χ0v) is 8.56. The molecule has 0 aliphatic heterocycles. The fraction of sp³-hybridized carbons (Fsp3) is 0.625. The second-order valence-corrected chi connectivity index (χ2v) is 3.34. The molecule has 1 amide bonds. The summed E-state index contributed by atoms with van der Waals surface area (Å²) in [5.74, 6) is 0.0466. The molecule has 6 heteroatoms. The molecule has 0 spiro atoms. The summed E-state index contributed by atoms with van der Waals surface area (Å²) in [7, 11) is 1.71. The molecule has 1 aromatic rings. The van der Waals surface area contributed by atoms with Crippen LogP contribution in [-0.4, -0.2) is 26.7 Å². The van der Waals surface area contributed by atoms with Gasteiger partial charge < -0.3 is 5.73 Å². The molecule has 6 nitrogen and oxygen atoms in total. The summed E-state index contributed by atoms with van der Waals surface area (Å²) in [4.78, 5) is 15.4. The summed E-state index contributed by atoms with van der Waals surface area (Å²) >= 11 is 0. The lowest BCUT2D eigenvalue weighted by molar-refractivity contribution is -0.119. The van der Waals surface area contributed by atoms with Crippen LogP contribution in [0, 0.1) is 5.92 Å². The van der Waals surface area contributed by atoms with Gasteiger partial charge in [0.2, 0.25) is 11.9 Å². The van der Waals surface area contributed by atoms with E-state index in [-0.39, 0.29) is 17.9 Å². The Morgan fingerprint density at radius 3 is 2.71 bits per heavy atom. The third kappa shape index (κ3) is 2.29. The van der Waals surface area contributed by atoms with Crippen molar-refractivity contribution < 1.29 is 4.79 Å². The number of aromatic nitrogens is 3. The molecule has 1 heterocycles. The Hall–Kier alpha value is -1.43. The number of amides is 1. The van der Waals surface area contributed by atoms with Crippen molar-refractivity contribution in [3.8, 4) is 0 Å². The van der Waals surface area contributed by atoms with Crippen LogP contribution in [0.15, 0.2) is 6.33 Å². The summed E-state index contributed by atoms with van der Waals surface area (Å²) in [5.41, 5.74) is 5.60. The van der Waals surface area contributed by atoms with Crippen LogP contribution in [0.5, 0.6) is 0 Å². The number of carbonyl (C=O) groups excluding carboxylic acids is 1. The minimum absolute atomic E-state index is 0.142. The molecule has 0 fully saturated rings. The molecule has 2 unspecified atom stereocenters. The highest BCUT2D eigenvalue weighted by atomic mass is 16.2. The van der Waals surface area contributed by atoms with Gasteiger partial charge in [0.05, 0.1) is 5.92 Å². The van der Waals surface area contributed by atoms with E-state index < -0.39 is 0 Å². The SMILES string of the molecule is CC(N)C(C)C(=O)Nc1ncnn1C. The first-order valence-corrected chi connectivity index (χ1v) is 4.42. The second kappa shape index (κ2) is 4.19. The molecule has 0 saturated carbocycles. The zero-order chi connectivity index (χ0) is 10.7. The van der Waals surface area contributed by atoms with Crippen molar-refractivity contribution in [1.29, 1.82) is 0 Å². The van der Waals surface area contributed by atoms with Gasteiger partial charge in [0.15, 0.2) is 0 Å². The topological polar surface area (TPSA) is 85.8 Å². The molecule has 0 radical (unpaired) electrons. The number of hydrogen-bond donors (Lipinski definition) is 2. The van der Waals surface area contributed by atoms with Gasteiger partial charge in [0, 0.05) is 13.1 Å².